The van der Waals surface area contributed by atoms with Gasteiger partial charge in [0.25, 0.3) is 0 Å². The van der Waals surface area contributed by atoms with Crippen LogP contribution in [0, 0.1) is 0 Å². The molecule has 3 rings (SSSR count). The van der Waals surface area contributed by atoms with E-state index in [4.69, 9.17) is 11.6 Å². The Bertz CT molecular complexity index is 746. The van der Waals surface area contributed by atoms with Gasteiger partial charge in [-0.1, -0.05) is 35.9 Å². The average Bonchev–Trinajstić information content (AvgIpc) is 2.86. The highest BCUT2D eigenvalue weighted by Crippen LogP contribution is 2.38. The second-order valence-corrected chi connectivity index (χ2v) is 5.90. The molecule has 126 valence electrons. The molecule has 0 N–H and O–H groups in total. The predicted molar refractivity (Wildman–Crippen MR) is 82.6 cm³/mol. The molecule has 2 aromatic rings. The van der Waals surface area contributed by atoms with Gasteiger partial charge in [-0.05, 0) is 34.9 Å². The highest BCUT2D eigenvalue weighted by molar-refractivity contribution is 6.31. The van der Waals surface area contributed by atoms with Crippen molar-refractivity contribution in [1.29, 1.82) is 0 Å². The Morgan fingerprint density at radius 3 is 2.54 bits per heavy atom. The Hall–Kier alpha value is -2.05. The van der Waals surface area contributed by atoms with Crippen molar-refractivity contribution in [2.45, 2.75) is 25.5 Å². The zero-order valence-electron chi connectivity index (χ0n) is 12.4. The quantitative estimate of drug-likeness (QED) is 0.757. The van der Waals surface area contributed by atoms with Gasteiger partial charge in [-0.3, -0.25) is 4.90 Å². The summed E-state index contributed by atoms with van der Waals surface area (Å²) in [6.45, 7) is 0.973. The Kier molecular flexibility index (Phi) is 4.51. The number of aldehydes is 1. The van der Waals surface area contributed by atoms with Crippen LogP contribution in [0.4, 0.5) is 13.2 Å². The molecule has 1 atom stereocenters. The number of rotatable bonds is 4. The van der Waals surface area contributed by atoms with E-state index in [9.17, 15) is 18.0 Å². The minimum absolute atomic E-state index is 0.272. The second-order valence-electron chi connectivity index (χ2n) is 5.49. The number of alkyl halides is 3. The van der Waals surface area contributed by atoms with Gasteiger partial charge in [0, 0.05) is 18.1 Å². The van der Waals surface area contributed by atoms with E-state index in [-0.39, 0.29) is 5.75 Å². The van der Waals surface area contributed by atoms with Gasteiger partial charge >= 0.3 is 6.36 Å². The lowest BCUT2D eigenvalue weighted by molar-refractivity contribution is -0.274. The molecule has 0 aliphatic carbocycles. The number of halogens is 4. The van der Waals surface area contributed by atoms with Crippen LogP contribution in [0.5, 0.6) is 5.75 Å². The van der Waals surface area contributed by atoms with E-state index < -0.39 is 12.4 Å². The van der Waals surface area contributed by atoms with Crippen molar-refractivity contribution < 1.29 is 22.7 Å². The first-order valence-electron chi connectivity index (χ1n) is 7.19. The van der Waals surface area contributed by atoms with Crippen LogP contribution < -0.4 is 4.74 Å². The third-order valence-electron chi connectivity index (χ3n) is 3.88. The summed E-state index contributed by atoms with van der Waals surface area (Å²) in [6, 6.07) is 10.6. The number of hydrogen-bond acceptors (Lipinski definition) is 3. The van der Waals surface area contributed by atoms with E-state index in [2.05, 4.69) is 4.74 Å². The molecule has 0 aromatic heterocycles. The van der Waals surface area contributed by atoms with E-state index in [1.165, 1.54) is 12.1 Å². The molecule has 1 heterocycles. The molecule has 1 aliphatic heterocycles. The molecule has 0 fully saturated rings. The normalized spacial score (nSPS) is 17.6. The summed E-state index contributed by atoms with van der Waals surface area (Å²) in [5.41, 5.74) is 2.56. The standard InChI is InChI=1S/C17H13ClF3NO2/c18-14-3-1-2-12-9-22(15(10-23)16(12)14)8-11-4-6-13(7-5-11)24-17(19,20)21/h1-7,10,15H,8-9H2. The molecule has 0 amide bonds. The Morgan fingerprint density at radius 1 is 1.21 bits per heavy atom. The second kappa shape index (κ2) is 6.45. The molecule has 2 aromatic carbocycles. The highest BCUT2D eigenvalue weighted by Gasteiger charge is 2.32. The molecule has 7 heteroatoms. The first-order chi connectivity index (χ1) is 11.4. The van der Waals surface area contributed by atoms with Crippen molar-refractivity contribution in [1.82, 2.24) is 4.90 Å². The first-order valence-corrected chi connectivity index (χ1v) is 7.56. The monoisotopic (exact) mass is 355 g/mol. The van der Waals surface area contributed by atoms with Gasteiger partial charge in [0.15, 0.2) is 0 Å². The molecule has 0 saturated heterocycles. The number of benzene rings is 2. The molecule has 24 heavy (non-hydrogen) atoms. The van der Waals surface area contributed by atoms with Crippen molar-refractivity contribution in [3.05, 3.63) is 64.2 Å². The lowest BCUT2D eigenvalue weighted by atomic mass is 10.1. The summed E-state index contributed by atoms with van der Waals surface area (Å²) in [5, 5.41) is 0.543. The van der Waals surface area contributed by atoms with Crippen LogP contribution in [0.15, 0.2) is 42.5 Å². The summed E-state index contributed by atoms with van der Waals surface area (Å²) >= 11 is 6.19. The SMILES string of the molecule is O=CC1c2c(Cl)cccc2CN1Cc1ccc(OC(F)(F)F)cc1. The third kappa shape index (κ3) is 3.55. The van der Waals surface area contributed by atoms with Crippen LogP contribution >= 0.6 is 11.6 Å². The number of carbonyl (C=O) groups excluding carboxylic acids is 1. The summed E-state index contributed by atoms with van der Waals surface area (Å²) in [5.74, 6) is -0.272. The lowest BCUT2D eigenvalue weighted by Gasteiger charge is -2.21. The molecule has 0 bridgehead atoms. The third-order valence-corrected chi connectivity index (χ3v) is 4.21. The minimum Gasteiger partial charge on any atom is -0.406 e. The number of ether oxygens (including phenoxy) is 1. The number of carbonyl (C=O) groups is 1. The fourth-order valence-corrected chi connectivity index (χ4v) is 3.20. The number of fused-ring (bicyclic) bond motifs is 1. The van der Waals surface area contributed by atoms with Crippen molar-refractivity contribution >= 4 is 17.9 Å². The molecule has 0 spiro atoms. The zero-order valence-corrected chi connectivity index (χ0v) is 13.1. The fraction of sp³-hybridized carbons (Fsp3) is 0.235. The van der Waals surface area contributed by atoms with Gasteiger partial charge in [-0.15, -0.1) is 13.2 Å². The van der Waals surface area contributed by atoms with E-state index >= 15 is 0 Å². The maximum atomic E-state index is 12.2. The number of hydrogen-bond donors (Lipinski definition) is 0. The summed E-state index contributed by atoms with van der Waals surface area (Å²) < 4.78 is 40.4. The van der Waals surface area contributed by atoms with Gasteiger partial charge in [0.2, 0.25) is 0 Å². The van der Waals surface area contributed by atoms with Gasteiger partial charge in [-0.2, -0.15) is 0 Å². The Morgan fingerprint density at radius 2 is 1.92 bits per heavy atom. The summed E-state index contributed by atoms with van der Waals surface area (Å²) in [6.07, 6.45) is -3.88. The molecule has 0 saturated carbocycles. The van der Waals surface area contributed by atoms with Gasteiger partial charge in [-0.25, -0.2) is 0 Å². The fourth-order valence-electron chi connectivity index (χ4n) is 2.89. The summed E-state index contributed by atoms with van der Waals surface area (Å²) in [7, 11) is 0. The molecule has 1 unspecified atom stereocenters. The summed E-state index contributed by atoms with van der Waals surface area (Å²) in [4.78, 5) is 13.4. The minimum atomic E-state index is -4.71. The van der Waals surface area contributed by atoms with E-state index in [0.29, 0.717) is 18.1 Å². The largest absolute Gasteiger partial charge is 0.573 e. The van der Waals surface area contributed by atoms with Crippen molar-refractivity contribution in [2.24, 2.45) is 0 Å². The van der Waals surface area contributed by atoms with E-state index in [0.717, 1.165) is 23.0 Å². The maximum absolute atomic E-state index is 12.2. The molecule has 3 nitrogen and oxygen atoms in total. The maximum Gasteiger partial charge on any atom is 0.573 e. The smallest absolute Gasteiger partial charge is 0.406 e. The van der Waals surface area contributed by atoms with Crippen molar-refractivity contribution in [3.8, 4) is 5.75 Å². The molecular formula is C17H13ClF3NO2. The topological polar surface area (TPSA) is 29.5 Å². The highest BCUT2D eigenvalue weighted by atomic mass is 35.5. The Labute approximate surface area is 141 Å². The van der Waals surface area contributed by atoms with Crippen LogP contribution in [0.1, 0.15) is 22.7 Å². The van der Waals surface area contributed by atoms with Crippen LogP contribution in [-0.4, -0.2) is 17.5 Å². The van der Waals surface area contributed by atoms with Gasteiger partial charge in [0.1, 0.15) is 12.0 Å². The van der Waals surface area contributed by atoms with Crippen LogP contribution in [0.25, 0.3) is 0 Å². The van der Waals surface area contributed by atoms with Crippen molar-refractivity contribution in [3.63, 3.8) is 0 Å². The lowest BCUT2D eigenvalue weighted by Crippen LogP contribution is -2.22. The van der Waals surface area contributed by atoms with Gasteiger partial charge in [0.05, 0.1) is 6.04 Å². The molecule has 1 aliphatic rings. The Balaban J connectivity index is 1.75. The average molecular weight is 356 g/mol. The van der Waals surface area contributed by atoms with Gasteiger partial charge < -0.3 is 9.53 Å². The van der Waals surface area contributed by atoms with Crippen LogP contribution in [-0.2, 0) is 17.9 Å². The molecule has 0 radical (unpaired) electrons. The van der Waals surface area contributed by atoms with Crippen molar-refractivity contribution in [2.75, 3.05) is 0 Å². The van der Waals surface area contributed by atoms with Crippen LogP contribution in [0.3, 0.4) is 0 Å². The number of nitrogens with zero attached hydrogens (tertiary/aromatic N) is 1. The zero-order chi connectivity index (χ0) is 17.3. The van der Waals surface area contributed by atoms with Crippen LogP contribution in [0.2, 0.25) is 5.02 Å². The molecular weight excluding hydrogens is 343 g/mol. The first kappa shape index (κ1) is 16.8. The van der Waals surface area contributed by atoms with E-state index in [1.807, 2.05) is 17.0 Å². The van der Waals surface area contributed by atoms with E-state index in [1.54, 1.807) is 18.2 Å². The predicted octanol–water partition coefficient (Wildman–Crippen LogP) is 4.49.